The first-order valence-electron chi connectivity index (χ1n) is 6.02. The molecule has 0 aliphatic heterocycles. The Balaban J connectivity index is 2.08. The molecule has 0 saturated carbocycles. The van der Waals surface area contributed by atoms with Gasteiger partial charge in [-0.15, -0.1) is 11.3 Å². The first-order chi connectivity index (χ1) is 9.69. The van der Waals surface area contributed by atoms with Crippen LogP contribution in [0, 0.1) is 10.6 Å². The minimum absolute atomic E-state index is 0.232. The van der Waals surface area contributed by atoms with Crippen LogP contribution in [0.25, 0.3) is 20.8 Å². The van der Waals surface area contributed by atoms with Crippen molar-refractivity contribution in [2.24, 2.45) is 0 Å². The summed E-state index contributed by atoms with van der Waals surface area (Å²) in [6, 6.07) is 6.75. The van der Waals surface area contributed by atoms with Gasteiger partial charge in [-0.1, -0.05) is 6.07 Å². The van der Waals surface area contributed by atoms with E-state index in [0.717, 1.165) is 20.8 Å². The second kappa shape index (κ2) is 5.43. The quantitative estimate of drug-likeness (QED) is 0.749. The number of thiophene rings is 1. The van der Waals surface area contributed by atoms with Crippen LogP contribution in [0.15, 0.2) is 24.3 Å². The highest BCUT2D eigenvalue weighted by atomic mass is 32.1. The van der Waals surface area contributed by atoms with Crippen molar-refractivity contribution >= 4 is 33.6 Å². The van der Waals surface area contributed by atoms with Crippen LogP contribution in [0.4, 0.5) is 4.39 Å². The highest BCUT2D eigenvalue weighted by Gasteiger charge is 2.12. The molecule has 0 unspecified atom stereocenters. The van der Waals surface area contributed by atoms with Crippen LogP contribution in [0.3, 0.4) is 0 Å². The van der Waals surface area contributed by atoms with Gasteiger partial charge in [0, 0.05) is 11.8 Å². The smallest absolute Gasteiger partial charge is 0.195 e. The van der Waals surface area contributed by atoms with Crippen molar-refractivity contribution in [2.75, 3.05) is 13.7 Å². The van der Waals surface area contributed by atoms with E-state index >= 15 is 0 Å². The molecule has 104 valence electrons. The van der Waals surface area contributed by atoms with Crippen LogP contribution >= 0.6 is 23.6 Å². The van der Waals surface area contributed by atoms with E-state index in [2.05, 4.69) is 10.2 Å². The Hall–Kier alpha value is -1.57. The summed E-state index contributed by atoms with van der Waals surface area (Å²) >= 11 is 6.72. The largest absolute Gasteiger partial charge is 0.383 e. The molecule has 0 atom stereocenters. The standard InChI is InChI=1S/C13H12FN3OS2/c1-18-5-4-17-12(15-16-13(17)19)11-6-8-2-3-9(14)7-10(8)20-11/h2-3,6-7H,4-5H2,1H3,(H,16,19). The molecule has 7 heteroatoms. The normalized spacial score (nSPS) is 11.3. The Labute approximate surface area is 123 Å². The summed E-state index contributed by atoms with van der Waals surface area (Å²) in [5, 5.41) is 8.06. The summed E-state index contributed by atoms with van der Waals surface area (Å²) in [6.07, 6.45) is 0. The van der Waals surface area contributed by atoms with Crippen LogP contribution in [0.5, 0.6) is 0 Å². The lowest BCUT2D eigenvalue weighted by Gasteiger charge is -2.03. The molecule has 0 aliphatic carbocycles. The third-order valence-corrected chi connectivity index (χ3v) is 4.39. The van der Waals surface area contributed by atoms with Gasteiger partial charge < -0.3 is 4.74 Å². The van der Waals surface area contributed by atoms with Gasteiger partial charge in [-0.25, -0.2) is 4.39 Å². The van der Waals surface area contributed by atoms with Gasteiger partial charge in [0.15, 0.2) is 10.6 Å². The molecule has 0 saturated heterocycles. The molecule has 1 N–H and O–H groups in total. The lowest BCUT2D eigenvalue weighted by Crippen LogP contribution is -2.05. The van der Waals surface area contributed by atoms with E-state index < -0.39 is 0 Å². The van der Waals surface area contributed by atoms with Gasteiger partial charge in [-0.05, 0) is 35.8 Å². The second-order valence-electron chi connectivity index (χ2n) is 4.29. The van der Waals surface area contributed by atoms with Gasteiger partial charge in [0.1, 0.15) is 5.82 Å². The Morgan fingerprint density at radius 1 is 1.45 bits per heavy atom. The third-order valence-electron chi connectivity index (χ3n) is 2.98. The predicted octanol–water partition coefficient (Wildman–Crippen LogP) is 3.61. The minimum Gasteiger partial charge on any atom is -0.383 e. The lowest BCUT2D eigenvalue weighted by molar-refractivity contribution is 0.187. The fraction of sp³-hybridized carbons (Fsp3) is 0.231. The number of nitrogens with one attached hydrogen (secondary N) is 1. The van der Waals surface area contributed by atoms with E-state index in [-0.39, 0.29) is 5.82 Å². The molecule has 1 aromatic carbocycles. The second-order valence-corrected chi connectivity index (χ2v) is 5.76. The summed E-state index contributed by atoms with van der Waals surface area (Å²) in [4.78, 5) is 0.953. The van der Waals surface area contributed by atoms with Crippen molar-refractivity contribution in [2.45, 2.75) is 6.54 Å². The Bertz CT molecular complexity index is 805. The van der Waals surface area contributed by atoms with Gasteiger partial charge in [0.2, 0.25) is 0 Å². The van der Waals surface area contributed by atoms with Gasteiger partial charge in [0.05, 0.1) is 18.0 Å². The number of nitrogens with zero attached hydrogens (tertiary/aromatic N) is 2. The zero-order chi connectivity index (χ0) is 14.1. The van der Waals surface area contributed by atoms with Crippen molar-refractivity contribution in [3.8, 4) is 10.7 Å². The summed E-state index contributed by atoms with van der Waals surface area (Å²) in [5.74, 6) is 0.526. The molecule has 0 amide bonds. The Kier molecular flexibility index (Phi) is 3.64. The van der Waals surface area contributed by atoms with E-state index in [4.69, 9.17) is 17.0 Å². The SMILES string of the molecule is COCCn1c(-c2cc3ccc(F)cc3s2)n[nH]c1=S. The summed E-state index contributed by atoms with van der Waals surface area (Å²) < 4.78 is 21.7. The first kappa shape index (κ1) is 13.4. The summed E-state index contributed by atoms with van der Waals surface area (Å²) in [6.45, 7) is 1.18. The van der Waals surface area contributed by atoms with E-state index in [0.29, 0.717) is 17.9 Å². The molecule has 0 spiro atoms. The van der Waals surface area contributed by atoms with Crippen molar-refractivity contribution < 1.29 is 9.13 Å². The van der Waals surface area contributed by atoms with Crippen molar-refractivity contribution in [3.05, 3.63) is 34.9 Å². The third kappa shape index (κ3) is 2.39. The van der Waals surface area contributed by atoms with Gasteiger partial charge >= 0.3 is 0 Å². The van der Waals surface area contributed by atoms with Crippen LogP contribution in [0.2, 0.25) is 0 Å². The molecule has 0 aliphatic rings. The Morgan fingerprint density at radius 2 is 2.30 bits per heavy atom. The van der Waals surface area contributed by atoms with Crippen molar-refractivity contribution in [1.82, 2.24) is 14.8 Å². The van der Waals surface area contributed by atoms with E-state index in [9.17, 15) is 4.39 Å². The number of aromatic nitrogens is 3. The molecule has 0 fully saturated rings. The van der Waals surface area contributed by atoms with Crippen molar-refractivity contribution in [1.29, 1.82) is 0 Å². The highest BCUT2D eigenvalue weighted by Crippen LogP contribution is 2.32. The molecule has 0 bridgehead atoms. The van der Waals surface area contributed by atoms with Crippen LogP contribution in [-0.4, -0.2) is 28.5 Å². The van der Waals surface area contributed by atoms with E-state index in [1.165, 1.54) is 23.5 Å². The molecule has 4 nitrogen and oxygen atoms in total. The van der Waals surface area contributed by atoms with Gasteiger partial charge in [-0.2, -0.15) is 5.10 Å². The van der Waals surface area contributed by atoms with Crippen LogP contribution in [-0.2, 0) is 11.3 Å². The number of methoxy groups -OCH3 is 1. The van der Waals surface area contributed by atoms with Gasteiger partial charge in [-0.3, -0.25) is 9.67 Å². The first-order valence-corrected chi connectivity index (χ1v) is 7.25. The number of halogens is 1. The number of benzene rings is 1. The van der Waals surface area contributed by atoms with Crippen LogP contribution in [0.1, 0.15) is 0 Å². The summed E-state index contributed by atoms with van der Waals surface area (Å²) in [7, 11) is 1.64. The molecule has 2 aromatic heterocycles. The topological polar surface area (TPSA) is 42.8 Å². The van der Waals surface area contributed by atoms with E-state index in [1.54, 1.807) is 13.2 Å². The molecular formula is C13H12FN3OS2. The molecule has 3 rings (SSSR count). The van der Waals surface area contributed by atoms with E-state index in [1.807, 2.05) is 10.6 Å². The number of aromatic amines is 1. The number of hydrogen-bond donors (Lipinski definition) is 1. The zero-order valence-electron chi connectivity index (χ0n) is 10.7. The zero-order valence-corrected chi connectivity index (χ0v) is 12.4. The molecular weight excluding hydrogens is 297 g/mol. The number of hydrogen-bond acceptors (Lipinski definition) is 4. The maximum absolute atomic E-state index is 13.2. The Morgan fingerprint density at radius 3 is 3.10 bits per heavy atom. The maximum atomic E-state index is 13.2. The predicted molar refractivity (Wildman–Crippen MR) is 80.1 cm³/mol. The number of H-pyrrole nitrogens is 1. The molecule has 3 aromatic rings. The monoisotopic (exact) mass is 309 g/mol. The molecule has 0 radical (unpaired) electrons. The lowest BCUT2D eigenvalue weighted by atomic mass is 10.2. The molecule has 2 heterocycles. The van der Waals surface area contributed by atoms with Gasteiger partial charge in [0.25, 0.3) is 0 Å². The van der Waals surface area contributed by atoms with Crippen molar-refractivity contribution in [3.63, 3.8) is 0 Å². The van der Waals surface area contributed by atoms with Crippen LogP contribution < -0.4 is 0 Å². The highest BCUT2D eigenvalue weighted by molar-refractivity contribution is 7.71. The fourth-order valence-corrected chi connectivity index (χ4v) is 3.32. The maximum Gasteiger partial charge on any atom is 0.195 e. The fourth-order valence-electron chi connectivity index (χ4n) is 2.01. The number of ether oxygens (including phenoxy) is 1. The average Bonchev–Trinajstić information content (AvgIpc) is 2.99. The number of fused-ring (bicyclic) bond motifs is 1. The number of rotatable bonds is 4. The summed E-state index contributed by atoms with van der Waals surface area (Å²) in [5.41, 5.74) is 0. The minimum atomic E-state index is -0.232. The average molecular weight is 309 g/mol. The molecule has 20 heavy (non-hydrogen) atoms.